The van der Waals surface area contributed by atoms with Gasteiger partial charge >= 0.3 is 0 Å². The van der Waals surface area contributed by atoms with Gasteiger partial charge in [-0.05, 0) is 36.3 Å². The van der Waals surface area contributed by atoms with Gasteiger partial charge in [-0.3, -0.25) is 0 Å². The van der Waals surface area contributed by atoms with E-state index in [0.717, 1.165) is 11.3 Å². The smallest absolute Gasteiger partial charge is 0.234 e. The van der Waals surface area contributed by atoms with Gasteiger partial charge in [0.15, 0.2) is 0 Å². The summed E-state index contributed by atoms with van der Waals surface area (Å²) in [4.78, 5) is -0.0254. The predicted molar refractivity (Wildman–Crippen MR) is 83.1 cm³/mol. The van der Waals surface area contributed by atoms with E-state index in [0.29, 0.717) is 6.42 Å². The molecule has 0 saturated carbocycles. The normalized spacial score (nSPS) is 21.5. The van der Waals surface area contributed by atoms with E-state index in [2.05, 4.69) is 0 Å². The summed E-state index contributed by atoms with van der Waals surface area (Å²) in [7, 11) is -2.30. The number of hydrogen-bond acceptors (Lipinski definition) is 5. The van der Waals surface area contributed by atoms with Crippen LogP contribution in [0.25, 0.3) is 0 Å². The molecule has 0 saturated heterocycles. The van der Waals surface area contributed by atoms with E-state index in [4.69, 9.17) is 20.9 Å². The summed E-state index contributed by atoms with van der Waals surface area (Å²) in [6.45, 7) is 0. The van der Waals surface area contributed by atoms with Crippen LogP contribution in [0.2, 0.25) is 0 Å². The van der Waals surface area contributed by atoms with Gasteiger partial charge in [-0.2, -0.15) is 5.26 Å². The second-order valence-electron chi connectivity index (χ2n) is 5.30. The summed E-state index contributed by atoms with van der Waals surface area (Å²) in [5.41, 5.74) is 6.43. The second-order valence-corrected chi connectivity index (χ2v) is 6.92. The Kier molecular flexibility index (Phi) is 4.37. The number of nitrogens with two attached hydrogens (primary N) is 2. The highest BCUT2D eigenvalue weighted by atomic mass is 32.2. The van der Waals surface area contributed by atoms with Crippen molar-refractivity contribution in [2.45, 2.75) is 18.4 Å². The monoisotopic (exact) mass is 319 g/mol. The second kappa shape index (κ2) is 5.93. The van der Waals surface area contributed by atoms with Crippen molar-refractivity contribution in [2.75, 3.05) is 7.11 Å². The molecule has 4 N–H and O–H groups in total. The first-order valence-electron chi connectivity index (χ1n) is 6.54. The van der Waals surface area contributed by atoms with Gasteiger partial charge in [0.25, 0.3) is 0 Å². The van der Waals surface area contributed by atoms with Gasteiger partial charge in [0, 0.05) is 12.0 Å². The van der Waals surface area contributed by atoms with Crippen LogP contribution in [0.15, 0.2) is 46.9 Å². The molecule has 7 heteroatoms. The number of primary sulfonamides is 1. The van der Waals surface area contributed by atoms with E-state index >= 15 is 0 Å². The molecule has 0 heterocycles. The van der Waals surface area contributed by atoms with Crippen molar-refractivity contribution in [3.05, 3.63) is 52.5 Å². The zero-order valence-corrected chi connectivity index (χ0v) is 12.9. The van der Waals surface area contributed by atoms with Gasteiger partial charge in [0.2, 0.25) is 10.0 Å². The maximum absolute atomic E-state index is 11.6. The molecule has 1 aromatic carbocycles. The Hall–Kier alpha value is -2.14. The zero-order valence-electron chi connectivity index (χ0n) is 12.1. The number of sulfonamides is 1. The van der Waals surface area contributed by atoms with Gasteiger partial charge in [0.1, 0.15) is 5.75 Å². The molecule has 1 aromatic rings. The van der Waals surface area contributed by atoms with Crippen LogP contribution in [0.4, 0.5) is 0 Å². The van der Waals surface area contributed by atoms with E-state index in [-0.39, 0.29) is 16.9 Å². The first-order chi connectivity index (χ1) is 10.3. The highest BCUT2D eigenvalue weighted by Crippen LogP contribution is 2.30. The number of methoxy groups -OCH3 is 1. The summed E-state index contributed by atoms with van der Waals surface area (Å²) >= 11 is 0. The van der Waals surface area contributed by atoms with E-state index in [1.807, 2.05) is 18.2 Å². The number of ether oxygens (including phenoxy) is 1. The van der Waals surface area contributed by atoms with Crippen molar-refractivity contribution < 1.29 is 13.2 Å². The van der Waals surface area contributed by atoms with Crippen molar-refractivity contribution in [1.29, 1.82) is 5.26 Å². The molecular weight excluding hydrogens is 302 g/mol. The third kappa shape index (κ3) is 3.74. The summed E-state index contributed by atoms with van der Waals surface area (Å²) < 4.78 is 28.2. The largest absolute Gasteiger partial charge is 0.497 e. The molecule has 0 spiro atoms. The molecule has 0 bridgehead atoms. The Morgan fingerprint density at radius 1 is 1.36 bits per heavy atom. The van der Waals surface area contributed by atoms with Crippen molar-refractivity contribution in [1.82, 2.24) is 0 Å². The Morgan fingerprint density at radius 2 is 2.00 bits per heavy atom. The SMILES string of the molecule is COc1ccc(CC2(N)C=C(C#N)C=C(S(N)(=O)=O)C2)cc1. The van der Waals surface area contributed by atoms with Crippen LogP contribution in [-0.2, 0) is 16.4 Å². The lowest BCUT2D eigenvalue weighted by Gasteiger charge is -2.30. The van der Waals surface area contributed by atoms with E-state index in [1.165, 1.54) is 6.08 Å². The lowest BCUT2D eigenvalue weighted by Crippen LogP contribution is -2.43. The first-order valence-corrected chi connectivity index (χ1v) is 8.08. The quantitative estimate of drug-likeness (QED) is 0.856. The minimum atomic E-state index is -3.87. The van der Waals surface area contributed by atoms with Crippen LogP contribution in [0.5, 0.6) is 5.75 Å². The molecule has 0 fully saturated rings. The van der Waals surface area contributed by atoms with Gasteiger partial charge in [-0.15, -0.1) is 0 Å². The third-order valence-corrected chi connectivity index (χ3v) is 4.44. The number of nitriles is 1. The lowest BCUT2D eigenvalue weighted by molar-refractivity contribution is 0.414. The summed E-state index contributed by atoms with van der Waals surface area (Å²) in [6.07, 6.45) is 3.30. The molecule has 1 unspecified atom stereocenters. The van der Waals surface area contributed by atoms with Crippen molar-refractivity contribution >= 4 is 10.0 Å². The third-order valence-electron chi connectivity index (χ3n) is 3.45. The van der Waals surface area contributed by atoms with Gasteiger partial charge in [0.05, 0.1) is 23.7 Å². The molecule has 0 radical (unpaired) electrons. The van der Waals surface area contributed by atoms with Crippen LogP contribution in [0.1, 0.15) is 12.0 Å². The summed E-state index contributed by atoms with van der Waals surface area (Å²) in [5, 5.41) is 14.2. The van der Waals surface area contributed by atoms with Gasteiger partial charge in [-0.25, -0.2) is 13.6 Å². The molecular formula is C15H17N3O3S. The molecule has 1 aliphatic rings. The van der Waals surface area contributed by atoms with E-state index in [9.17, 15) is 8.42 Å². The Labute approximate surface area is 129 Å². The summed E-state index contributed by atoms with van der Waals surface area (Å²) in [6, 6.07) is 9.23. The zero-order chi connectivity index (χ0) is 16.4. The minimum absolute atomic E-state index is 0.0254. The number of rotatable bonds is 4. The van der Waals surface area contributed by atoms with Crippen LogP contribution in [-0.4, -0.2) is 21.1 Å². The van der Waals surface area contributed by atoms with Crippen LogP contribution < -0.4 is 15.6 Å². The van der Waals surface area contributed by atoms with Gasteiger partial charge < -0.3 is 10.5 Å². The van der Waals surface area contributed by atoms with E-state index < -0.39 is 15.6 Å². The fraction of sp³-hybridized carbons (Fsp3) is 0.267. The highest BCUT2D eigenvalue weighted by molar-refractivity contribution is 7.93. The number of nitrogens with zero attached hydrogens (tertiary/aromatic N) is 1. The first kappa shape index (κ1) is 16.2. The fourth-order valence-electron chi connectivity index (χ4n) is 2.44. The number of allylic oxidation sites excluding steroid dienone is 2. The van der Waals surface area contributed by atoms with Crippen molar-refractivity contribution in [3.8, 4) is 11.8 Å². The highest BCUT2D eigenvalue weighted by Gasteiger charge is 2.32. The molecule has 0 aliphatic heterocycles. The molecule has 0 aromatic heterocycles. The number of benzene rings is 1. The summed E-state index contributed by atoms with van der Waals surface area (Å²) in [5.74, 6) is 0.719. The Morgan fingerprint density at radius 3 is 2.50 bits per heavy atom. The van der Waals surface area contributed by atoms with Crippen LogP contribution >= 0.6 is 0 Å². The predicted octanol–water partition coefficient (Wildman–Crippen LogP) is 0.961. The maximum atomic E-state index is 11.6. The number of hydrogen-bond donors (Lipinski definition) is 2. The Balaban J connectivity index is 2.31. The average molecular weight is 319 g/mol. The molecule has 6 nitrogen and oxygen atoms in total. The van der Waals surface area contributed by atoms with Crippen LogP contribution in [0.3, 0.4) is 0 Å². The Bertz CT molecular complexity index is 773. The van der Waals surface area contributed by atoms with Crippen molar-refractivity contribution in [2.24, 2.45) is 10.9 Å². The molecule has 1 atom stereocenters. The molecule has 116 valence electrons. The van der Waals surface area contributed by atoms with Crippen molar-refractivity contribution in [3.63, 3.8) is 0 Å². The molecule has 0 amide bonds. The standard InChI is InChI=1S/C15H17N3O3S/c1-21-13-4-2-11(3-5-13)7-15(17)8-12(10-16)6-14(9-15)22(18,19)20/h2-6,8H,7,9,17H2,1H3,(H2,18,19,20). The minimum Gasteiger partial charge on any atom is -0.497 e. The molecule has 1 aliphatic carbocycles. The average Bonchev–Trinajstić information content (AvgIpc) is 2.46. The van der Waals surface area contributed by atoms with E-state index in [1.54, 1.807) is 25.3 Å². The topological polar surface area (TPSA) is 119 Å². The molecule has 22 heavy (non-hydrogen) atoms. The van der Waals surface area contributed by atoms with Gasteiger partial charge in [-0.1, -0.05) is 12.1 Å². The maximum Gasteiger partial charge on any atom is 0.234 e. The van der Waals surface area contributed by atoms with Crippen LogP contribution in [0, 0.1) is 11.3 Å². The lowest BCUT2D eigenvalue weighted by atomic mass is 9.83. The molecule has 2 rings (SSSR count). The fourth-order valence-corrected chi connectivity index (χ4v) is 3.20.